The Kier molecular flexibility index (Phi) is 6.16. The van der Waals surface area contributed by atoms with Crippen LogP contribution in [-0.4, -0.2) is 46.7 Å². The minimum absolute atomic E-state index is 0.0822. The number of para-hydroxylation sites is 1. The fraction of sp³-hybridized carbons (Fsp3) is 0.296. The first kappa shape index (κ1) is 21.9. The number of anilines is 1. The van der Waals surface area contributed by atoms with Crippen LogP contribution in [0.15, 0.2) is 77.4 Å². The molecule has 2 aliphatic heterocycles. The van der Waals surface area contributed by atoms with Crippen molar-refractivity contribution in [2.24, 2.45) is 5.92 Å². The second-order valence-electron chi connectivity index (χ2n) is 8.88. The predicted molar refractivity (Wildman–Crippen MR) is 127 cm³/mol. The molecule has 0 radical (unpaired) electrons. The Morgan fingerprint density at radius 1 is 0.912 bits per heavy atom. The molecule has 0 saturated carbocycles. The molecule has 3 aromatic rings. The van der Waals surface area contributed by atoms with Gasteiger partial charge in [0.15, 0.2) is 5.76 Å². The molecule has 0 spiro atoms. The summed E-state index contributed by atoms with van der Waals surface area (Å²) in [6.45, 7) is 1.27. The molecule has 7 heteroatoms. The van der Waals surface area contributed by atoms with Gasteiger partial charge in [-0.15, -0.1) is 0 Å². The Balaban J connectivity index is 1.34. The van der Waals surface area contributed by atoms with E-state index in [2.05, 4.69) is 5.32 Å². The van der Waals surface area contributed by atoms with Crippen LogP contribution >= 0.6 is 0 Å². The summed E-state index contributed by atoms with van der Waals surface area (Å²) in [6, 6.07) is 19.9. The van der Waals surface area contributed by atoms with E-state index < -0.39 is 6.04 Å². The molecule has 2 aromatic carbocycles. The smallest absolute Gasteiger partial charge is 0.290 e. The molecule has 3 amide bonds. The zero-order valence-corrected chi connectivity index (χ0v) is 18.9. The number of hydrogen-bond acceptors (Lipinski definition) is 4. The average Bonchev–Trinajstić information content (AvgIpc) is 3.43. The lowest BCUT2D eigenvalue weighted by Gasteiger charge is -2.40. The highest BCUT2D eigenvalue weighted by Gasteiger charge is 2.39. The van der Waals surface area contributed by atoms with Crippen LogP contribution in [0.2, 0.25) is 0 Å². The van der Waals surface area contributed by atoms with Crippen LogP contribution in [-0.2, 0) is 22.6 Å². The number of piperidine rings is 1. The lowest BCUT2D eigenvalue weighted by molar-refractivity contribution is -0.139. The number of amides is 3. The van der Waals surface area contributed by atoms with Gasteiger partial charge in [-0.1, -0.05) is 42.5 Å². The van der Waals surface area contributed by atoms with Gasteiger partial charge in [0.05, 0.1) is 12.2 Å². The predicted octanol–water partition coefficient (Wildman–Crippen LogP) is 3.72. The summed E-state index contributed by atoms with van der Waals surface area (Å²) < 4.78 is 5.35. The van der Waals surface area contributed by atoms with Gasteiger partial charge in [-0.25, -0.2) is 0 Å². The lowest BCUT2D eigenvalue weighted by Crippen LogP contribution is -2.56. The normalized spacial score (nSPS) is 19.9. The summed E-state index contributed by atoms with van der Waals surface area (Å²) in [7, 11) is 0. The maximum atomic E-state index is 13.7. The Morgan fingerprint density at radius 3 is 2.44 bits per heavy atom. The van der Waals surface area contributed by atoms with Crippen LogP contribution in [0.1, 0.15) is 34.5 Å². The van der Waals surface area contributed by atoms with Crippen molar-refractivity contribution in [3.8, 4) is 0 Å². The largest absolute Gasteiger partial charge is 0.459 e. The highest BCUT2D eigenvalue weighted by Crippen LogP contribution is 2.28. The van der Waals surface area contributed by atoms with E-state index in [0.29, 0.717) is 26.1 Å². The van der Waals surface area contributed by atoms with Crippen molar-refractivity contribution in [2.45, 2.75) is 31.8 Å². The van der Waals surface area contributed by atoms with Crippen molar-refractivity contribution < 1.29 is 18.8 Å². The van der Waals surface area contributed by atoms with Crippen molar-refractivity contribution in [3.05, 3.63) is 89.9 Å². The number of rotatable bonds is 4. The number of hydrogen-bond donors (Lipinski definition) is 1. The maximum Gasteiger partial charge on any atom is 0.290 e. The number of likely N-dealkylation sites (tertiary alicyclic amines) is 1. The van der Waals surface area contributed by atoms with Crippen molar-refractivity contribution in [1.29, 1.82) is 0 Å². The van der Waals surface area contributed by atoms with Gasteiger partial charge < -0.3 is 19.5 Å². The third kappa shape index (κ3) is 4.46. The highest BCUT2D eigenvalue weighted by molar-refractivity contribution is 5.97. The van der Waals surface area contributed by atoms with Crippen molar-refractivity contribution in [1.82, 2.24) is 9.80 Å². The number of nitrogens with one attached hydrogen (secondary N) is 1. The van der Waals surface area contributed by atoms with Gasteiger partial charge in [0.25, 0.3) is 5.91 Å². The fourth-order valence-electron chi connectivity index (χ4n) is 4.87. The number of fused-ring (bicyclic) bond motifs is 1. The molecule has 0 bridgehead atoms. The quantitative estimate of drug-likeness (QED) is 0.647. The molecule has 1 fully saturated rings. The van der Waals surface area contributed by atoms with E-state index in [1.807, 2.05) is 54.6 Å². The number of nitrogens with zero attached hydrogens (tertiary/aromatic N) is 2. The number of benzene rings is 2. The van der Waals surface area contributed by atoms with Crippen molar-refractivity contribution >= 4 is 23.4 Å². The molecule has 174 valence electrons. The second-order valence-corrected chi connectivity index (χ2v) is 8.88. The van der Waals surface area contributed by atoms with E-state index in [9.17, 15) is 14.4 Å². The maximum absolute atomic E-state index is 13.7. The second kappa shape index (κ2) is 9.55. The van der Waals surface area contributed by atoms with Crippen molar-refractivity contribution in [3.63, 3.8) is 0 Å². The first-order valence-electron chi connectivity index (χ1n) is 11.7. The number of furan rings is 1. The van der Waals surface area contributed by atoms with Gasteiger partial charge in [0, 0.05) is 31.7 Å². The van der Waals surface area contributed by atoms with Gasteiger partial charge in [0.1, 0.15) is 6.04 Å². The van der Waals surface area contributed by atoms with Gasteiger partial charge in [-0.3, -0.25) is 14.4 Å². The Hall–Kier alpha value is -3.87. The molecule has 2 aliphatic rings. The Morgan fingerprint density at radius 2 is 1.68 bits per heavy atom. The third-order valence-electron chi connectivity index (χ3n) is 6.67. The molecule has 2 unspecified atom stereocenters. The minimum atomic E-state index is -0.636. The van der Waals surface area contributed by atoms with Gasteiger partial charge in [-0.2, -0.15) is 0 Å². The SMILES string of the molecule is O=C(Nc1ccccc1)C1CCCN(C(=O)C2Cc3ccccc3CN2C(=O)c2ccco2)C1. The van der Waals surface area contributed by atoms with E-state index in [4.69, 9.17) is 4.42 Å². The van der Waals surface area contributed by atoms with Crippen LogP contribution in [0.3, 0.4) is 0 Å². The zero-order valence-electron chi connectivity index (χ0n) is 18.9. The van der Waals surface area contributed by atoms with Crippen LogP contribution in [0.5, 0.6) is 0 Å². The van der Waals surface area contributed by atoms with Crippen LogP contribution in [0.4, 0.5) is 5.69 Å². The van der Waals surface area contributed by atoms with Crippen molar-refractivity contribution in [2.75, 3.05) is 18.4 Å². The van der Waals surface area contributed by atoms with E-state index in [-0.39, 0.29) is 29.4 Å². The monoisotopic (exact) mass is 457 g/mol. The minimum Gasteiger partial charge on any atom is -0.459 e. The summed E-state index contributed by atoms with van der Waals surface area (Å²) in [6.07, 6.45) is 3.38. The van der Waals surface area contributed by atoms with E-state index in [1.165, 1.54) is 6.26 Å². The molecule has 2 atom stereocenters. The van der Waals surface area contributed by atoms with E-state index in [1.54, 1.807) is 21.9 Å². The standard InChI is InChI=1S/C27H27N3O4/c31-25(28-22-11-2-1-3-12-22)21-10-6-14-29(17-21)26(32)23-16-19-8-4-5-9-20(19)18-30(23)27(33)24-13-7-15-34-24/h1-5,7-9,11-13,15,21,23H,6,10,14,16-18H2,(H,28,31). The first-order chi connectivity index (χ1) is 16.6. The van der Waals surface area contributed by atoms with E-state index >= 15 is 0 Å². The summed E-state index contributed by atoms with van der Waals surface area (Å²) in [4.78, 5) is 43.2. The molecule has 1 aromatic heterocycles. The third-order valence-corrected chi connectivity index (χ3v) is 6.67. The number of carbonyl (C=O) groups is 3. The molecule has 1 N–H and O–H groups in total. The highest BCUT2D eigenvalue weighted by atomic mass is 16.3. The molecule has 7 nitrogen and oxygen atoms in total. The lowest BCUT2D eigenvalue weighted by atomic mass is 9.91. The van der Waals surface area contributed by atoms with Gasteiger partial charge in [0.2, 0.25) is 11.8 Å². The van der Waals surface area contributed by atoms with Gasteiger partial charge in [-0.05, 0) is 48.2 Å². The average molecular weight is 458 g/mol. The molecule has 34 heavy (non-hydrogen) atoms. The van der Waals surface area contributed by atoms with Crippen LogP contribution < -0.4 is 5.32 Å². The summed E-state index contributed by atoms with van der Waals surface area (Å²) in [5.74, 6) is -0.569. The summed E-state index contributed by atoms with van der Waals surface area (Å²) in [5, 5.41) is 2.96. The van der Waals surface area contributed by atoms with E-state index in [0.717, 1.165) is 29.7 Å². The summed E-state index contributed by atoms with van der Waals surface area (Å²) >= 11 is 0. The number of carbonyl (C=O) groups excluding carboxylic acids is 3. The molecule has 5 rings (SSSR count). The molecule has 3 heterocycles. The summed E-state index contributed by atoms with van der Waals surface area (Å²) in [5.41, 5.74) is 2.85. The Bertz CT molecular complexity index is 1180. The Labute approximate surface area is 198 Å². The van der Waals surface area contributed by atoms with Gasteiger partial charge >= 0.3 is 0 Å². The molecular formula is C27H27N3O4. The fourth-order valence-corrected chi connectivity index (χ4v) is 4.87. The molecule has 1 saturated heterocycles. The first-order valence-corrected chi connectivity index (χ1v) is 11.7. The van der Waals surface area contributed by atoms with Crippen LogP contribution in [0.25, 0.3) is 0 Å². The molecular weight excluding hydrogens is 430 g/mol. The topological polar surface area (TPSA) is 82.9 Å². The van der Waals surface area contributed by atoms with Crippen LogP contribution in [0, 0.1) is 5.92 Å². The molecule has 0 aliphatic carbocycles. The zero-order chi connectivity index (χ0) is 23.5.